The molecule has 9 heavy (non-hydrogen) atoms. The first-order valence-corrected chi connectivity index (χ1v) is 3.11. The van der Waals surface area contributed by atoms with E-state index in [9.17, 15) is 8.78 Å². The van der Waals surface area contributed by atoms with E-state index in [0.717, 1.165) is 0 Å². The van der Waals surface area contributed by atoms with Gasteiger partial charge in [0.15, 0.2) is 0 Å². The Hall–Kier alpha value is 0.0400. The summed E-state index contributed by atoms with van der Waals surface area (Å²) in [4.78, 5) is 0. The maximum Gasteiger partial charge on any atom is 0.261 e. The van der Waals surface area contributed by atoms with E-state index in [0.29, 0.717) is 4.48 Å². The van der Waals surface area contributed by atoms with Gasteiger partial charge >= 0.3 is 0 Å². The van der Waals surface area contributed by atoms with E-state index in [4.69, 9.17) is 0 Å². The van der Waals surface area contributed by atoms with E-state index < -0.39 is 13.0 Å². The van der Waals surface area contributed by atoms with Gasteiger partial charge in [-0.25, -0.2) is 8.78 Å². The lowest BCUT2D eigenvalue weighted by molar-refractivity contribution is 0.0281. The van der Waals surface area contributed by atoms with Gasteiger partial charge in [0, 0.05) is 4.48 Å². The van der Waals surface area contributed by atoms with Crippen LogP contribution in [-0.4, -0.2) is 19.6 Å². The number of alkyl halides is 2. The van der Waals surface area contributed by atoms with Crippen molar-refractivity contribution in [2.75, 3.05) is 13.2 Å². The Morgan fingerprint density at radius 2 is 2.22 bits per heavy atom. The fourth-order valence-corrected chi connectivity index (χ4v) is 0.421. The summed E-state index contributed by atoms with van der Waals surface area (Å²) in [5.74, 6) is 0. The number of halogens is 3. The summed E-state index contributed by atoms with van der Waals surface area (Å²) >= 11 is 2.96. The Kier molecular flexibility index (Phi) is 4.90. The third kappa shape index (κ3) is 8.04. The normalized spacial score (nSPS) is 10.2. The first kappa shape index (κ1) is 9.04. The molecule has 0 radical (unpaired) electrons. The number of hydrogen-bond acceptors (Lipinski definition) is 1. The van der Waals surface area contributed by atoms with Crippen LogP contribution in [0, 0.1) is 0 Å². The lowest BCUT2D eigenvalue weighted by atomic mass is 10.7. The van der Waals surface area contributed by atoms with Gasteiger partial charge < -0.3 is 4.74 Å². The van der Waals surface area contributed by atoms with Crippen LogP contribution in [0.3, 0.4) is 0 Å². The van der Waals surface area contributed by atoms with Gasteiger partial charge in [0.25, 0.3) is 6.43 Å². The SMILES string of the molecule is C=C(Br)COCC(F)F. The standard InChI is InChI=1S/C5H7BrF2O/c1-4(6)2-9-3-5(7)8/h5H,1-3H2. The second-order valence-electron chi connectivity index (χ2n) is 1.42. The Morgan fingerprint density at radius 1 is 1.67 bits per heavy atom. The first-order chi connectivity index (χ1) is 4.13. The first-order valence-electron chi connectivity index (χ1n) is 2.32. The third-order valence-electron chi connectivity index (χ3n) is 0.503. The molecule has 0 atom stereocenters. The summed E-state index contributed by atoms with van der Waals surface area (Å²) in [6.45, 7) is 3.02. The predicted molar refractivity (Wildman–Crippen MR) is 34.9 cm³/mol. The number of hydrogen-bond donors (Lipinski definition) is 0. The predicted octanol–water partition coefficient (Wildman–Crippen LogP) is 2.18. The molecule has 0 spiro atoms. The Labute approximate surface area is 60.8 Å². The molecule has 0 N–H and O–H groups in total. The van der Waals surface area contributed by atoms with Crippen LogP contribution in [0.2, 0.25) is 0 Å². The van der Waals surface area contributed by atoms with Gasteiger partial charge in [-0.3, -0.25) is 0 Å². The van der Waals surface area contributed by atoms with Crippen molar-refractivity contribution in [3.63, 3.8) is 0 Å². The molecule has 0 aromatic rings. The van der Waals surface area contributed by atoms with Crippen molar-refractivity contribution in [2.45, 2.75) is 6.43 Å². The zero-order valence-electron chi connectivity index (χ0n) is 4.74. The maximum absolute atomic E-state index is 11.3. The van der Waals surface area contributed by atoms with Crippen molar-refractivity contribution in [1.82, 2.24) is 0 Å². The topological polar surface area (TPSA) is 9.23 Å². The van der Waals surface area contributed by atoms with E-state index in [1.807, 2.05) is 0 Å². The smallest absolute Gasteiger partial charge is 0.261 e. The molecular formula is C5H7BrF2O. The van der Waals surface area contributed by atoms with Crippen LogP contribution in [0.4, 0.5) is 8.78 Å². The van der Waals surface area contributed by atoms with Gasteiger partial charge in [0.1, 0.15) is 6.61 Å². The fourth-order valence-electron chi connectivity index (χ4n) is 0.259. The van der Waals surface area contributed by atoms with Gasteiger partial charge in [0.2, 0.25) is 0 Å². The van der Waals surface area contributed by atoms with Crippen molar-refractivity contribution in [2.24, 2.45) is 0 Å². The second kappa shape index (κ2) is 4.88. The molecule has 1 nitrogen and oxygen atoms in total. The van der Waals surface area contributed by atoms with Gasteiger partial charge in [-0.2, -0.15) is 0 Å². The van der Waals surface area contributed by atoms with Crippen LogP contribution >= 0.6 is 15.9 Å². The molecule has 0 aliphatic carbocycles. The number of rotatable bonds is 4. The summed E-state index contributed by atoms with van der Waals surface area (Å²) in [5, 5.41) is 0. The van der Waals surface area contributed by atoms with E-state index in [1.54, 1.807) is 0 Å². The van der Waals surface area contributed by atoms with Gasteiger partial charge in [-0.05, 0) is 0 Å². The fraction of sp³-hybridized carbons (Fsp3) is 0.600. The molecule has 0 amide bonds. The van der Waals surface area contributed by atoms with E-state index in [-0.39, 0.29) is 6.61 Å². The van der Waals surface area contributed by atoms with E-state index >= 15 is 0 Å². The molecule has 0 unspecified atom stereocenters. The monoisotopic (exact) mass is 200 g/mol. The molecular weight excluding hydrogens is 194 g/mol. The molecule has 0 aromatic carbocycles. The lowest BCUT2D eigenvalue weighted by Gasteiger charge is -1.99. The molecule has 0 aromatic heterocycles. The van der Waals surface area contributed by atoms with Crippen molar-refractivity contribution in [3.05, 3.63) is 11.1 Å². The average molecular weight is 201 g/mol. The minimum absolute atomic E-state index is 0.143. The van der Waals surface area contributed by atoms with Crippen LogP contribution in [0.5, 0.6) is 0 Å². The van der Waals surface area contributed by atoms with Crippen LogP contribution in [-0.2, 0) is 4.74 Å². The van der Waals surface area contributed by atoms with Gasteiger partial charge in [0.05, 0.1) is 6.61 Å². The summed E-state index contributed by atoms with van der Waals surface area (Å²) in [5.41, 5.74) is 0. The largest absolute Gasteiger partial charge is 0.370 e. The van der Waals surface area contributed by atoms with Crippen molar-refractivity contribution in [1.29, 1.82) is 0 Å². The highest BCUT2D eigenvalue weighted by atomic mass is 79.9. The quantitative estimate of drug-likeness (QED) is 0.677. The third-order valence-corrected chi connectivity index (χ3v) is 0.731. The summed E-state index contributed by atoms with van der Waals surface area (Å²) in [7, 11) is 0. The summed E-state index contributed by atoms with van der Waals surface area (Å²) in [6, 6.07) is 0. The molecule has 54 valence electrons. The van der Waals surface area contributed by atoms with Crippen LogP contribution in [0.25, 0.3) is 0 Å². The van der Waals surface area contributed by atoms with Gasteiger partial charge in [-0.15, -0.1) is 0 Å². The Balaban J connectivity index is 3.01. The van der Waals surface area contributed by atoms with Crippen LogP contribution in [0.15, 0.2) is 11.1 Å². The molecule has 0 fully saturated rings. The average Bonchev–Trinajstić information content (AvgIpc) is 1.63. The molecule has 0 saturated carbocycles. The van der Waals surface area contributed by atoms with Crippen molar-refractivity contribution < 1.29 is 13.5 Å². The lowest BCUT2D eigenvalue weighted by Crippen LogP contribution is -2.04. The maximum atomic E-state index is 11.3. The molecule has 0 aliphatic rings. The highest BCUT2D eigenvalue weighted by Crippen LogP contribution is 2.01. The minimum Gasteiger partial charge on any atom is -0.370 e. The highest BCUT2D eigenvalue weighted by Gasteiger charge is 2.00. The van der Waals surface area contributed by atoms with E-state index in [2.05, 4.69) is 27.2 Å². The second-order valence-corrected chi connectivity index (χ2v) is 2.54. The zero-order chi connectivity index (χ0) is 7.28. The van der Waals surface area contributed by atoms with Crippen LogP contribution in [0.1, 0.15) is 0 Å². The minimum atomic E-state index is -2.39. The van der Waals surface area contributed by atoms with Crippen molar-refractivity contribution in [3.8, 4) is 0 Å². The Bertz CT molecular complexity index is 95.0. The molecule has 0 aliphatic heterocycles. The van der Waals surface area contributed by atoms with Gasteiger partial charge in [-0.1, -0.05) is 22.5 Å². The molecule has 0 heterocycles. The number of ether oxygens (including phenoxy) is 1. The van der Waals surface area contributed by atoms with Crippen molar-refractivity contribution >= 4 is 15.9 Å². The van der Waals surface area contributed by atoms with E-state index in [1.165, 1.54) is 0 Å². The highest BCUT2D eigenvalue weighted by molar-refractivity contribution is 9.11. The van der Waals surface area contributed by atoms with Crippen LogP contribution < -0.4 is 0 Å². The molecule has 0 saturated heterocycles. The molecule has 0 rings (SSSR count). The summed E-state index contributed by atoms with van der Waals surface area (Å²) < 4.78 is 27.7. The summed E-state index contributed by atoms with van der Waals surface area (Å²) in [6.07, 6.45) is -2.39. The zero-order valence-corrected chi connectivity index (χ0v) is 6.33. The molecule has 0 bridgehead atoms. The molecule has 4 heteroatoms. The Morgan fingerprint density at radius 3 is 2.56 bits per heavy atom.